The predicted molar refractivity (Wildman–Crippen MR) is 75.5 cm³/mol. The van der Waals surface area contributed by atoms with Crippen LogP contribution in [0.15, 0.2) is 52.3 Å². The van der Waals surface area contributed by atoms with Gasteiger partial charge in [0.25, 0.3) is 15.8 Å². The van der Waals surface area contributed by atoms with Gasteiger partial charge in [-0.1, -0.05) is 23.9 Å². The maximum absolute atomic E-state index is 13.1. The standard InChI is InChI=1S/C13H9F4NO2S2/c14-9-6-5-8(7-10(9)15)22(19,20)18-11-3-1-2-4-12(11)21-13(16)17/h1-7,13,18H. The zero-order valence-electron chi connectivity index (χ0n) is 10.8. The van der Waals surface area contributed by atoms with Crippen molar-refractivity contribution in [2.75, 3.05) is 4.72 Å². The second-order valence-corrected chi connectivity index (χ2v) is 6.77. The summed E-state index contributed by atoms with van der Waals surface area (Å²) < 4.78 is 77.2. The second kappa shape index (κ2) is 6.57. The highest BCUT2D eigenvalue weighted by Gasteiger charge is 2.19. The van der Waals surface area contributed by atoms with E-state index in [-0.39, 0.29) is 22.3 Å². The minimum atomic E-state index is -4.23. The third kappa shape index (κ3) is 3.92. The van der Waals surface area contributed by atoms with Crippen molar-refractivity contribution >= 4 is 27.5 Å². The van der Waals surface area contributed by atoms with Crippen molar-refractivity contribution in [2.45, 2.75) is 15.5 Å². The van der Waals surface area contributed by atoms with Gasteiger partial charge in [0.2, 0.25) is 0 Å². The summed E-state index contributed by atoms with van der Waals surface area (Å²) in [7, 11) is -4.23. The van der Waals surface area contributed by atoms with Crippen molar-refractivity contribution in [1.29, 1.82) is 0 Å². The molecule has 2 aromatic rings. The molecule has 0 amide bonds. The summed E-state index contributed by atoms with van der Waals surface area (Å²) in [5.41, 5.74) is -0.0717. The molecule has 1 N–H and O–H groups in total. The Morgan fingerprint density at radius 1 is 1.00 bits per heavy atom. The van der Waals surface area contributed by atoms with Crippen LogP contribution in [0.1, 0.15) is 0 Å². The van der Waals surface area contributed by atoms with Crippen LogP contribution in [0.5, 0.6) is 0 Å². The van der Waals surface area contributed by atoms with Crippen molar-refractivity contribution in [1.82, 2.24) is 0 Å². The van der Waals surface area contributed by atoms with Crippen LogP contribution in [0.2, 0.25) is 0 Å². The van der Waals surface area contributed by atoms with Gasteiger partial charge in [0.05, 0.1) is 10.6 Å². The van der Waals surface area contributed by atoms with E-state index >= 15 is 0 Å². The van der Waals surface area contributed by atoms with Crippen LogP contribution in [0, 0.1) is 11.6 Å². The molecular weight excluding hydrogens is 342 g/mol. The third-order valence-electron chi connectivity index (χ3n) is 2.55. The monoisotopic (exact) mass is 351 g/mol. The van der Waals surface area contributed by atoms with E-state index in [1.54, 1.807) is 0 Å². The minimum Gasteiger partial charge on any atom is -0.278 e. The number of hydrogen-bond donors (Lipinski definition) is 1. The normalized spacial score (nSPS) is 11.7. The second-order valence-electron chi connectivity index (χ2n) is 4.06. The first kappa shape index (κ1) is 16.6. The first-order chi connectivity index (χ1) is 10.3. The first-order valence-corrected chi connectivity index (χ1v) is 8.17. The van der Waals surface area contributed by atoms with E-state index in [0.29, 0.717) is 12.1 Å². The Morgan fingerprint density at radius 2 is 1.68 bits per heavy atom. The number of para-hydroxylation sites is 1. The fourth-order valence-electron chi connectivity index (χ4n) is 1.60. The number of alkyl halides is 2. The van der Waals surface area contributed by atoms with Gasteiger partial charge in [0.1, 0.15) is 0 Å². The summed E-state index contributed by atoms with van der Waals surface area (Å²) in [6, 6.07) is 7.61. The van der Waals surface area contributed by atoms with Gasteiger partial charge in [-0.15, -0.1) is 0 Å². The zero-order chi connectivity index (χ0) is 16.3. The summed E-state index contributed by atoms with van der Waals surface area (Å²) >= 11 is 0.172. The fraction of sp³-hybridized carbons (Fsp3) is 0.0769. The molecule has 0 aliphatic rings. The van der Waals surface area contributed by atoms with Crippen molar-refractivity contribution < 1.29 is 26.0 Å². The minimum absolute atomic E-state index is 0.0173. The average Bonchev–Trinajstić information content (AvgIpc) is 2.43. The molecule has 2 rings (SSSR count). The van der Waals surface area contributed by atoms with Crippen LogP contribution in [0.3, 0.4) is 0 Å². The van der Waals surface area contributed by atoms with Crippen molar-refractivity contribution in [3.8, 4) is 0 Å². The highest BCUT2D eigenvalue weighted by atomic mass is 32.2. The maximum atomic E-state index is 13.1. The molecule has 0 unspecified atom stereocenters. The van der Waals surface area contributed by atoms with E-state index in [2.05, 4.69) is 4.72 Å². The van der Waals surface area contributed by atoms with E-state index in [0.717, 1.165) is 6.07 Å². The Kier molecular flexibility index (Phi) is 4.97. The molecule has 0 saturated heterocycles. The molecule has 0 saturated carbocycles. The van der Waals surface area contributed by atoms with E-state index in [4.69, 9.17) is 0 Å². The summed E-state index contributed by atoms with van der Waals surface area (Å²) in [6.07, 6.45) is 0. The molecule has 0 heterocycles. The molecule has 0 aliphatic carbocycles. The lowest BCUT2D eigenvalue weighted by molar-refractivity contribution is 0.252. The summed E-state index contributed by atoms with van der Waals surface area (Å²) in [4.78, 5) is -0.494. The van der Waals surface area contributed by atoms with Crippen molar-refractivity contribution in [2.24, 2.45) is 0 Å². The first-order valence-electron chi connectivity index (χ1n) is 5.81. The average molecular weight is 351 g/mol. The van der Waals surface area contributed by atoms with Gasteiger partial charge < -0.3 is 0 Å². The summed E-state index contributed by atoms with van der Waals surface area (Å²) in [5.74, 6) is -5.24. The lowest BCUT2D eigenvalue weighted by atomic mass is 10.3. The fourth-order valence-corrected chi connectivity index (χ4v) is 3.35. The lowest BCUT2D eigenvalue weighted by Gasteiger charge is -2.12. The number of hydrogen-bond acceptors (Lipinski definition) is 3. The third-order valence-corrected chi connectivity index (χ3v) is 4.70. The summed E-state index contributed by atoms with van der Waals surface area (Å²) in [6.45, 7) is 0. The zero-order valence-corrected chi connectivity index (χ0v) is 12.4. The quantitative estimate of drug-likeness (QED) is 0.652. The van der Waals surface area contributed by atoms with E-state index < -0.39 is 32.3 Å². The Bertz CT molecular complexity index is 781. The van der Waals surface area contributed by atoms with Crippen LogP contribution in [0.4, 0.5) is 23.2 Å². The van der Waals surface area contributed by atoms with Crippen LogP contribution >= 0.6 is 11.8 Å². The SMILES string of the molecule is O=S(=O)(Nc1ccccc1SC(F)F)c1ccc(F)c(F)c1. The summed E-state index contributed by atoms with van der Waals surface area (Å²) in [5, 5.41) is 0. The van der Waals surface area contributed by atoms with E-state index in [9.17, 15) is 26.0 Å². The molecule has 9 heteroatoms. The maximum Gasteiger partial charge on any atom is 0.288 e. The Labute approximate surface area is 128 Å². The van der Waals surface area contributed by atoms with Crippen LogP contribution < -0.4 is 4.72 Å². The van der Waals surface area contributed by atoms with Crippen LogP contribution in [0.25, 0.3) is 0 Å². The molecule has 22 heavy (non-hydrogen) atoms. The number of anilines is 1. The molecule has 0 aromatic heterocycles. The molecule has 2 aromatic carbocycles. The molecular formula is C13H9F4NO2S2. The van der Waals surface area contributed by atoms with Gasteiger partial charge >= 0.3 is 0 Å². The number of sulfonamides is 1. The van der Waals surface area contributed by atoms with Gasteiger partial charge in [0.15, 0.2) is 11.6 Å². The highest BCUT2D eigenvalue weighted by Crippen LogP contribution is 2.32. The molecule has 118 valence electrons. The largest absolute Gasteiger partial charge is 0.288 e. The number of halogens is 4. The molecule has 3 nitrogen and oxygen atoms in total. The predicted octanol–water partition coefficient (Wildman–Crippen LogP) is 4.08. The molecule has 0 aliphatic heterocycles. The number of nitrogens with one attached hydrogen (secondary N) is 1. The van der Waals surface area contributed by atoms with Gasteiger partial charge in [-0.05, 0) is 30.3 Å². The molecule has 0 fully saturated rings. The molecule has 0 radical (unpaired) electrons. The Balaban J connectivity index is 2.35. The Hall–Kier alpha value is -1.74. The topological polar surface area (TPSA) is 46.2 Å². The molecule has 0 spiro atoms. The Morgan fingerprint density at radius 3 is 2.32 bits per heavy atom. The molecule has 0 bridgehead atoms. The van der Waals surface area contributed by atoms with Crippen LogP contribution in [-0.4, -0.2) is 14.2 Å². The van der Waals surface area contributed by atoms with E-state index in [1.807, 2.05) is 0 Å². The van der Waals surface area contributed by atoms with Crippen LogP contribution in [-0.2, 0) is 10.0 Å². The smallest absolute Gasteiger partial charge is 0.278 e. The number of thioether (sulfide) groups is 1. The lowest BCUT2D eigenvalue weighted by Crippen LogP contribution is -2.14. The van der Waals surface area contributed by atoms with Crippen molar-refractivity contribution in [3.05, 3.63) is 54.1 Å². The van der Waals surface area contributed by atoms with E-state index in [1.165, 1.54) is 24.3 Å². The van der Waals surface area contributed by atoms with Gasteiger partial charge in [0, 0.05) is 4.90 Å². The van der Waals surface area contributed by atoms with Gasteiger partial charge in [-0.2, -0.15) is 8.78 Å². The van der Waals surface area contributed by atoms with Crippen molar-refractivity contribution in [3.63, 3.8) is 0 Å². The van der Waals surface area contributed by atoms with Gasteiger partial charge in [-0.3, -0.25) is 4.72 Å². The number of rotatable bonds is 5. The highest BCUT2D eigenvalue weighted by molar-refractivity contribution is 7.99. The number of benzene rings is 2. The molecule has 0 atom stereocenters. The van der Waals surface area contributed by atoms with Gasteiger partial charge in [-0.25, -0.2) is 17.2 Å².